The lowest BCUT2D eigenvalue weighted by Crippen LogP contribution is -2.34. The molecule has 2 aromatic rings. The average molecular weight is 319 g/mol. The molecule has 22 heavy (non-hydrogen) atoms. The second-order valence-corrected chi connectivity index (χ2v) is 6.57. The van der Waals surface area contributed by atoms with Gasteiger partial charge in [-0.3, -0.25) is 9.48 Å². The van der Waals surface area contributed by atoms with Crippen LogP contribution in [0.2, 0.25) is 0 Å². The van der Waals surface area contributed by atoms with Crippen molar-refractivity contribution in [3.8, 4) is 0 Å². The third-order valence-corrected chi connectivity index (χ3v) is 5.09. The van der Waals surface area contributed by atoms with Gasteiger partial charge in [0.15, 0.2) is 0 Å². The summed E-state index contributed by atoms with van der Waals surface area (Å²) in [5.74, 6) is 0.230. The highest BCUT2D eigenvalue weighted by Crippen LogP contribution is 2.27. The Balaban J connectivity index is 1.61. The van der Waals surface area contributed by atoms with Gasteiger partial charge in [0, 0.05) is 37.6 Å². The minimum atomic E-state index is -0.0477. The SMILES string of the molecule is CCc1nc(CNC(=O)[C@H]2CNC[C@@H]2c2cnn(C)c2)cs1. The summed E-state index contributed by atoms with van der Waals surface area (Å²) < 4.78 is 1.78. The van der Waals surface area contributed by atoms with Crippen molar-refractivity contribution >= 4 is 17.2 Å². The van der Waals surface area contributed by atoms with E-state index in [0.29, 0.717) is 13.1 Å². The fourth-order valence-corrected chi connectivity index (χ4v) is 3.58. The largest absolute Gasteiger partial charge is 0.350 e. The van der Waals surface area contributed by atoms with Crippen molar-refractivity contribution in [1.82, 2.24) is 25.4 Å². The Morgan fingerprint density at radius 1 is 1.55 bits per heavy atom. The number of hydrogen-bond acceptors (Lipinski definition) is 5. The summed E-state index contributed by atoms with van der Waals surface area (Å²) >= 11 is 1.65. The lowest BCUT2D eigenvalue weighted by molar-refractivity contribution is -0.125. The molecule has 0 unspecified atom stereocenters. The van der Waals surface area contributed by atoms with Gasteiger partial charge in [0.1, 0.15) is 0 Å². The smallest absolute Gasteiger partial charge is 0.225 e. The van der Waals surface area contributed by atoms with Crippen LogP contribution in [-0.2, 0) is 24.8 Å². The van der Waals surface area contributed by atoms with Crippen molar-refractivity contribution in [1.29, 1.82) is 0 Å². The van der Waals surface area contributed by atoms with Crippen LogP contribution in [0.15, 0.2) is 17.8 Å². The van der Waals surface area contributed by atoms with Crippen LogP contribution in [0.5, 0.6) is 0 Å². The molecule has 1 fully saturated rings. The number of amides is 1. The standard InChI is InChI=1S/C15H21N5OS/c1-3-14-19-11(9-22-14)5-17-15(21)13-7-16-6-12(13)10-4-18-20(2)8-10/h4,8-9,12-13,16H,3,5-7H2,1-2H3,(H,17,21)/t12-,13+/m1/s1. The highest BCUT2D eigenvalue weighted by atomic mass is 32.1. The molecule has 1 saturated heterocycles. The molecule has 6 nitrogen and oxygen atoms in total. The lowest BCUT2D eigenvalue weighted by Gasteiger charge is -2.16. The molecular formula is C15H21N5OS. The van der Waals surface area contributed by atoms with Crippen LogP contribution in [-0.4, -0.2) is 33.8 Å². The number of aromatic nitrogens is 3. The molecular weight excluding hydrogens is 298 g/mol. The summed E-state index contributed by atoms with van der Waals surface area (Å²) in [6.07, 6.45) is 4.78. The van der Waals surface area contributed by atoms with Crippen molar-refractivity contribution in [2.45, 2.75) is 25.8 Å². The van der Waals surface area contributed by atoms with E-state index in [0.717, 1.165) is 29.2 Å². The number of rotatable bonds is 5. The molecule has 0 saturated carbocycles. The molecule has 3 heterocycles. The van der Waals surface area contributed by atoms with Gasteiger partial charge in [0.25, 0.3) is 0 Å². The second kappa shape index (κ2) is 6.58. The Kier molecular flexibility index (Phi) is 4.54. The number of aryl methyl sites for hydroxylation is 2. The first-order valence-electron chi connectivity index (χ1n) is 7.57. The molecule has 118 valence electrons. The maximum Gasteiger partial charge on any atom is 0.225 e. The molecule has 2 atom stereocenters. The quantitative estimate of drug-likeness (QED) is 0.864. The summed E-state index contributed by atoms with van der Waals surface area (Å²) in [4.78, 5) is 17.0. The number of nitrogens with one attached hydrogen (secondary N) is 2. The number of nitrogens with zero attached hydrogens (tertiary/aromatic N) is 3. The first-order valence-corrected chi connectivity index (χ1v) is 8.45. The molecule has 1 aliphatic rings. The van der Waals surface area contributed by atoms with E-state index in [2.05, 4.69) is 27.6 Å². The molecule has 0 bridgehead atoms. The van der Waals surface area contributed by atoms with Gasteiger partial charge in [0.2, 0.25) is 5.91 Å². The van der Waals surface area contributed by atoms with Gasteiger partial charge >= 0.3 is 0 Å². The van der Waals surface area contributed by atoms with Crippen molar-refractivity contribution in [2.24, 2.45) is 13.0 Å². The van der Waals surface area contributed by atoms with E-state index >= 15 is 0 Å². The van der Waals surface area contributed by atoms with Gasteiger partial charge in [-0.15, -0.1) is 11.3 Å². The van der Waals surface area contributed by atoms with Gasteiger partial charge in [-0.1, -0.05) is 6.92 Å². The average Bonchev–Trinajstić information content (AvgIpc) is 3.24. The Bertz CT molecular complexity index is 650. The van der Waals surface area contributed by atoms with E-state index in [1.165, 1.54) is 0 Å². The summed E-state index contributed by atoms with van der Waals surface area (Å²) in [6.45, 7) is 4.12. The molecule has 2 aromatic heterocycles. The number of carbonyl (C=O) groups excluding carboxylic acids is 1. The highest BCUT2D eigenvalue weighted by Gasteiger charge is 2.34. The number of thiazole rings is 1. The van der Waals surface area contributed by atoms with Crippen LogP contribution < -0.4 is 10.6 Å². The molecule has 0 spiro atoms. The van der Waals surface area contributed by atoms with E-state index in [1.54, 1.807) is 16.0 Å². The van der Waals surface area contributed by atoms with Crippen LogP contribution in [0.3, 0.4) is 0 Å². The Morgan fingerprint density at radius 3 is 3.09 bits per heavy atom. The van der Waals surface area contributed by atoms with Crippen LogP contribution in [0.4, 0.5) is 0 Å². The van der Waals surface area contributed by atoms with Crippen LogP contribution >= 0.6 is 11.3 Å². The fourth-order valence-electron chi connectivity index (χ4n) is 2.84. The minimum absolute atomic E-state index is 0.0477. The summed E-state index contributed by atoms with van der Waals surface area (Å²) in [5.41, 5.74) is 2.06. The summed E-state index contributed by atoms with van der Waals surface area (Å²) in [7, 11) is 1.90. The first kappa shape index (κ1) is 15.2. The topological polar surface area (TPSA) is 71.8 Å². The van der Waals surface area contributed by atoms with Gasteiger partial charge in [-0.25, -0.2) is 4.98 Å². The highest BCUT2D eigenvalue weighted by molar-refractivity contribution is 7.09. The van der Waals surface area contributed by atoms with Gasteiger partial charge in [-0.05, 0) is 12.0 Å². The van der Waals surface area contributed by atoms with Gasteiger partial charge in [0.05, 0.1) is 29.4 Å². The van der Waals surface area contributed by atoms with E-state index in [4.69, 9.17) is 0 Å². The minimum Gasteiger partial charge on any atom is -0.350 e. The third-order valence-electron chi connectivity index (χ3n) is 4.05. The summed E-state index contributed by atoms with van der Waals surface area (Å²) in [5, 5.41) is 13.7. The molecule has 1 aliphatic heterocycles. The zero-order valence-corrected chi connectivity index (χ0v) is 13.7. The zero-order chi connectivity index (χ0) is 15.5. The fraction of sp³-hybridized carbons (Fsp3) is 0.533. The van der Waals surface area contributed by atoms with Crippen molar-refractivity contribution in [3.63, 3.8) is 0 Å². The predicted octanol–water partition coefficient (Wildman–Crippen LogP) is 1.06. The third kappa shape index (κ3) is 3.20. The molecule has 0 aromatic carbocycles. The molecule has 3 rings (SSSR count). The zero-order valence-electron chi connectivity index (χ0n) is 12.9. The normalized spacial score (nSPS) is 21.2. The van der Waals surface area contributed by atoms with Crippen LogP contribution in [0.1, 0.15) is 29.1 Å². The van der Waals surface area contributed by atoms with Crippen molar-refractivity contribution in [3.05, 3.63) is 34.0 Å². The maximum absolute atomic E-state index is 12.5. The van der Waals surface area contributed by atoms with Crippen LogP contribution in [0.25, 0.3) is 0 Å². The first-order chi connectivity index (χ1) is 10.7. The van der Waals surface area contributed by atoms with Gasteiger partial charge in [-0.2, -0.15) is 5.10 Å². The van der Waals surface area contributed by atoms with Crippen molar-refractivity contribution in [2.75, 3.05) is 13.1 Å². The Hall–Kier alpha value is -1.73. The Labute approximate surface area is 133 Å². The molecule has 1 amide bonds. The molecule has 0 aliphatic carbocycles. The van der Waals surface area contributed by atoms with E-state index in [9.17, 15) is 4.79 Å². The molecule has 7 heteroatoms. The molecule has 0 radical (unpaired) electrons. The van der Waals surface area contributed by atoms with E-state index < -0.39 is 0 Å². The van der Waals surface area contributed by atoms with E-state index in [1.807, 2.05) is 24.8 Å². The Morgan fingerprint density at radius 2 is 2.41 bits per heavy atom. The predicted molar refractivity (Wildman–Crippen MR) is 85.6 cm³/mol. The maximum atomic E-state index is 12.5. The van der Waals surface area contributed by atoms with Crippen molar-refractivity contribution < 1.29 is 4.79 Å². The van der Waals surface area contributed by atoms with Crippen LogP contribution in [0, 0.1) is 5.92 Å². The lowest BCUT2D eigenvalue weighted by atomic mass is 9.90. The summed E-state index contributed by atoms with van der Waals surface area (Å²) in [6, 6.07) is 0. The molecule has 2 N–H and O–H groups in total. The monoisotopic (exact) mass is 319 g/mol. The number of carbonyl (C=O) groups is 1. The number of hydrogen-bond donors (Lipinski definition) is 2. The second-order valence-electron chi connectivity index (χ2n) is 5.62. The van der Waals surface area contributed by atoms with E-state index in [-0.39, 0.29) is 17.7 Å². The van der Waals surface area contributed by atoms with Gasteiger partial charge < -0.3 is 10.6 Å².